The van der Waals surface area contributed by atoms with E-state index < -0.39 is 28.6 Å². The molecule has 2 amide bonds. The van der Waals surface area contributed by atoms with E-state index in [9.17, 15) is 23.1 Å². The van der Waals surface area contributed by atoms with E-state index in [0.29, 0.717) is 38.9 Å². The van der Waals surface area contributed by atoms with Gasteiger partial charge in [0, 0.05) is 32.2 Å². The molecule has 0 bridgehead atoms. The van der Waals surface area contributed by atoms with E-state index in [-0.39, 0.29) is 35.3 Å². The lowest BCUT2D eigenvalue weighted by Crippen LogP contribution is -2.54. The molecular formula is C25H34N6O5S. The van der Waals surface area contributed by atoms with E-state index in [1.54, 1.807) is 17.0 Å². The Hall–Kier alpha value is -3.22. The average molecular weight is 531 g/mol. The molecule has 2 fully saturated rings. The maximum atomic E-state index is 13.3. The van der Waals surface area contributed by atoms with E-state index >= 15 is 0 Å². The van der Waals surface area contributed by atoms with Gasteiger partial charge >= 0.3 is 0 Å². The number of hydrogen-bond acceptors (Lipinski definition) is 6. The number of carbonyl (C=O) groups is 2. The van der Waals surface area contributed by atoms with Crippen LogP contribution in [0.4, 0.5) is 0 Å². The second-order valence-corrected chi connectivity index (χ2v) is 11.3. The van der Waals surface area contributed by atoms with Crippen LogP contribution in [-0.2, 0) is 19.6 Å². The van der Waals surface area contributed by atoms with Crippen molar-refractivity contribution in [1.82, 2.24) is 19.8 Å². The lowest BCUT2D eigenvalue weighted by atomic mass is 9.97. The van der Waals surface area contributed by atoms with Crippen LogP contribution in [0.3, 0.4) is 0 Å². The largest absolute Gasteiger partial charge is 0.394 e. The number of fused-ring (bicyclic) bond motifs is 1. The van der Waals surface area contributed by atoms with Crippen LogP contribution in [0.2, 0.25) is 0 Å². The molecule has 0 radical (unpaired) electrons. The number of carbonyl (C=O) groups excluding carboxylic acids is 2. The molecule has 12 heteroatoms. The van der Waals surface area contributed by atoms with E-state index in [2.05, 4.69) is 10.0 Å². The van der Waals surface area contributed by atoms with Crippen molar-refractivity contribution in [3.8, 4) is 0 Å². The smallest absolute Gasteiger partial charge is 0.243 e. The molecule has 0 spiro atoms. The molecular weight excluding hydrogens is 496 g/mol. The molecule has 4 rings (SSSR count). The number of nitrogens with one attached hydrogen (secondary N) is 3. The molecule has 2 saturated heterocycles. The molecule has 2 aliphatic heterocycles. The predicted octanol–water partition coefficient (Wildman–Crippen LogP) is 0.192. The molecule has 2 heterocycles. The van der Waals surface area contributed by atoms with Crippen LogP contribution in [0.1, 0.15) is 25.7 Å². The maximum absolute atomic E-state index is 13.3. The number of nitrogens with zero attached hydrogens (tertiary/aromatic N) is 2. The average Bonchev–Trinajstić information content (AvgIpc) is 3.38. The Morgan fingerprint density at radius 3 is 2.57 bits per heavy atom. The summed E-state index contributed by atoms with van der Waals surface area (Å²) in [5, 5.41) is 22.1. The van der Waals surface area contributed by atoms with Gasteiger partial charge < -0.3 is 26.0 Å². The summed E-state index contributed by atoms with van der Waals surface area (Å²) in [5.74, 6) is -1.02. The molecule has 0 aromatic heterocycles. The molecule has 11 nitrogen and oxygen atoms in total. The van der Waals surface area contributed by atoms with Crippen LogP contribution in [0.5, 0.6) is 0 Å². The highest BCUT2D eigenvalue weighted by molar-refractivity contribution is 7.89. The van der Waals surface area contributed by atoms with Crippen molar-refractivity contribution in [3.05, 3.63) is 42.5 Å². The number of piperidine rings is 1. The van der Waals surface area contributed by atoms with Crippen molar-refractivity contribution in [2.24, 2.45) is 11.7 Å². The number of guanidine groups is 1. The second-order valence-electron chi connectivity index (χ2n) is 9.61. The van der Waals surface area contributed by atoms with E-state index in [4.69, 9.17) is 11.1 Å². The molecule has 2 aromatic rings. The Morgan fingerprint density at radius 1 is 1.11 bits per heavy atom. The lowest BCUT2D eigenvalue weighted by Gasteiger charge is -2.33. The van der Waals surface area contributed by atoms with Crippen LogP contribution in [0.25, 0.3) is 10.8 Å². The third-order valence-corrected chi connectivity index (χ3v) is 8.58. The van der Waals surface area contributed by atoms with Crippen LogP contribution in [-0.4, -0.2) is 86.0 Å². The van der Waals surface area contributed by atoms with Crippen LogP contribution < -0.4 is 15.8 Å². The molecule has 2 aromatic carbocycles. The fourth-order valence-electron chi connectivity index (χ4n) is 5.07. The number of amides is 2. The summed E-state index contributed by atoms with van der Waals surface area (Å²) in [7, 11) is -4.07. The summed E-state index contributed by atoms with van der Waals surface area (Å²) in [6.45, 7) is 0.995. The first-order valence-corrected chi connectivity index (χ1v) is 14.0. The lowest BCUT2D eigenvalue weighted by molar-refractivity contribution is -0.135. The number of nitrogens with two attached hydrogens (primary N) is 1. The molecule has 3 atom stereocenters. The molecule has 200 valence electrons. The van der Waals surface area contributed by atoms with Crippen LogP contribution in [0, 0.1) is 11.3 Å². The Bertz CT molecular complexity index is 1270. The zero-order valence-corrected chi connectivity index (χ0v) is 21.4. The van der Waals surface area contributed by atoms with E-state index in [0.717, 1.165) is 17.2 Å². The van der Waals surface area contributed by atoms with Crippen molar-refractivity contribution in [1.29, 1.82) is 5.41 Å². The first kappa shape index (κ1) is 26.8. The van der Waals surface area contributed by atoms with E-state index in [1.807, 2.05) is 18.2 Å². The highest BCUT2D eigenvalue weighted by Gasteiger charge is 2.36. The summed E-state index contributed by atoms with van der Waals surface area (Å²) in [4.78, 5) is 29.2. The van der Waals surface area contributed by atoms with Gasteiger partial charge in [-0.1, -0.05) is 30.3 Å². The first-order valence-electron chi connectivity index (χ1n) is 12.5. The topological polar surface area (TPSA) is 169 Å². The van der Waals surface area contributed by atoms with Gasteiger partial charge in [-0.3, -0.25) is 15.0 Å². The monoisotopic (exact) mass is 530 g/mol. The summed E-state index contributed by atoms with van der Waals surface area (Å²) in [6.07, 6.45) is 2.84. The van der Waals surface area contributed by atoms with E-state index in [1.165, 1.54) is 17.0 Å². The Labute approximate surface area is 216 Å². The molecule has 0 saturated carbocycles. The van der Waals surface area contributed by atoms with Gasteiger partial charge in [0.25, 0.3) is 0 Å². The first-order chi connectivity index (χ1) is 17.7. The second kappa shape index (κ2) is 11.4. The molecule has 0 aliphatic carbocycles. The molecule has 37 heavy (non-hydrogen) atoms. The minimum Gasteiger partial charge on any atom is -0.394 e. The van der Waals surface area contributed by atoms with Gasteiger partial charge in [-0.25, -0.2) is 8.42 Å². The summed E-state index contributed by atoms with van der Waals surface area (Å²) in [6, 6.07) is 10.4. The Kier molecular flexibility index (Phi) is 8.30. The highest BCUT2D eigenvalue weighted by Crippen LogP contribution is 2.22. The number of rotatable bonds is 8. The van der Waals surface area contributed by atoms with Gasteiger partial charge in [-0.2, -0.15) is 4.72 Å². The third-order valence-electron chi connectivity index (χ3n) is 7.11. The molecule has 3 unspecified atom stereocenters. The minimum absolute atomic E-state index is 0.00905. The van der Waals surface area contributed by atoms with Gasteiger partial charge in [0.2, 0.25) is 21.8 Å². The summed E-state index contributed by atoms with van der Waals surface area (Å²) >= 11 is 0. The van der Waals surface area contributed by atoms with Crippen molar-refractivity contribution >= 4 is 38.6 Å². The van der Waals surface area contributed by atoms with Gasteiger partial charge in [-0.05, 0) is 48.6 Å². The normalized spacial score (nSPS) is 21.1. The number of aliphatic hydroxyl groups is 1. The summed E-state index contributed by atoms with van der Waals surface area (Å²) < 4.78 is 28.4. The van der Waals surface area contributed by atoms with Crippen molar-refractivity contribution in [2.75, 3.05) is 32.8 Å². The van der Waals surface area contributed by atoms with Crippen LogP contribution in [0.15, 0.2) is 47.4 Å². The van der Waals surface area contributed by atoms with Crippen molar-refractivity contribution < 1.29 is 23.1 Å². The Balaban J connectivity index is 1.38. The molecule has 2 aliphatic rings. The van der Waals surface area contributed by atoms with Gasteiger partial charge in [-0.15, -0.1) is 0 Å². The van der Waals surface area contributed by atoms with Gasteiger partial charge in [0.1, 0.15) is 6.04 Å². The fourth-order valence-corrected chi connectivity index (χ4v) is 6.28. The van der Waals surface area contributed by atoms with Crippen molar-refractivity contribution in [3.63, 3.8) is 0 Å². The van der Waals surface area contributed by atoms with Gasteiger partial charge in [0.05, 0.1) is 17.4 Å². The third kappa shape index (κ3) is 6.20. The van der Waals surface area contributed by atoms with Gasteiger partial charge in [0.15, 0.2) is 5.96 Å². The quantitative estimate of drug-likeness (QED) is 0.240. The predicted molar refractivity (Wildman–Crippen MR) is 139 cm³/mol. The number of likely N-dealkylation sites (tertiary alicyclic amines) is 2. The zero-order valence-electron chi connectivity index (χ0n) is 20.6. The molecule has 6 N–H and O–H groups in total. The number of hydrogen-bond donors (Lipinski definition) is 5. The minimum atomic E-state index is -4.07. The summed E-state index contributed by atoms with van der Waals surface area (Å²) in [5.41, 5.74) is 5.57. The van der Waals surface area contributed by atoms with Crippen molar-refractivity contribution in [2.45, 2.75) is 42.7 Å². The maximum Gasteiger partial charge on any atom is 0.243 e. The van der Waals surface area contributed by atoms with Crippen LogP contribution >= 0.6 is 0 Å². The Morgan fingerprint density at radius 2 is 1.84 bits per heavy atom. The number of aliphatic hydroxyl groups excluding tert-OH is 1. The highest BCUT2D eigenvalue weighted by atomic mass is 32.2. The SMILES string of the molecule is N=C(N)N1CCCC(C(=O)NCC2CCCN2C(=O)C(CO)NS(=O)(=O)c2ccc3ccccc3c2)C1. The number of benzene rings is 2. The standard InChI is InChI=1S/C25H34N6O5S/c26-25(27)30-11-3-7-19(15-30)23(33)28-14-20-8-4-12-31(20)24(34)22(16-32)29-37(35,36)21-10-9-17-5-1-2-6-18(17)13-21/h1-2,5-6,9-10,13,19-20,22,29,32H,3-4,7-8,11-12,14-16H2,(H3,26,27)(H,28,33). The fraction of sp³-hybridized carbons (Fsp3) is 0.480. The zero-order chi connectivity index (χ0) is 26.6. The number of sulfonamides is 1.